The van der Waals surface area contributed by atoms with Crippen molar-refractivity contribution < 1.29 is 22.1 Å². The van der Waals surface area contributed by atoms with Gasteiger partial charge >= 0.3 is 6.18 Å². The van der Waals surface area contributed by atoms with Gasteiger partial charge in [0.05, 0.1) is 17.3 Å². The van der Waals surface area contributed by atoms with Crippen LogP contribution in [0.2, 0.25) is 0 Å². The lowest BCUT2D eigenvalue weighted by molar-refractivity contribution is -0.153. The molecule has 0 radical (unpaired) electrons. The summed E-state index contributed by atoms with van der Waals surface area (Å²) in [5, 5.41) is 7.77. The average Bonchev–Trinajstić information content (AvgIpc) is 2.85. The second kappa shape index (κ2) is 6.25. The topological polar surface area (TPSA) is 57.0 Å². The summed E-state index contributed by atoms with van der Waals surface area (Å²) < 4.78 is 53.7. The van der Waals surface area contributed by atoms with Crippen LogP contribution in [0, 0.1) is 0 Å². The molecule has 0 N–H and O–H groups in total. The second-order valence-electron chi connectivity index (χ2n) is 4.24. The number of halogens is 3. The minimum Gasteiger partial charge on any atom is -0.484 e. The SMILES string of the molecule is C[S@@](=O)c1nncn1Cc1ccc(OCC(F)(F)F)cc1. The summed E-state index contributed by atoms with van der Waals surface area (Å²) in [6.07, 6.45) is -1.42. The minimum atomic E-state index is -4.36. The summed E-state index contributed by atoms with van der Waals surface area (Å²) in [6.45, 7) is -0.946. The summed E-state index contributed by atoms with van der Waals surface area (Å²) in [5.41, 5.74) is 0.806. The molecule has 0 unspecified atom stereocenters. The Kier molecular flexibility index (Phi) is 4.61. The van der Waals surface area contributed by atoms with Crippen LogP contribution in [-0.2, 0) is 17.3 Å². The Morgan fingerprint density at radius 1 is 1.29 bits per heavy atom. The van der Waals surface area contributed by atoms with Gasteiger partial charge in [-0.15, -0.1) is 10.2 Å². The molecule has 0 fully saturated rings. The van der Waals surface area contributed by atoms with E-state index in [0.29, 0.717) is 11.7 Å². The van der Waals surface area contributed by atoms with Gasteiger partial charge in [-0.2, -0.15) is 13.2 Å². The normalized spacial score (nSPS) is 13.1. The van der Waals surface area contributed by atoms with Gasteiger partial charge in [0.25, 0.3) is 0 Å². The molecule has 114 valence electrons. The Bertz CT molecular complexity index is 625. The smallest absolute Gasteiger partial charge is 0.422 e. The van der Waals surface area contributed by atoms with Crippen molar-refractivity contribution in [2.75, 3.05) is 12.9 Å². The number of nitrogens with zero attached hydrogens (tertiary/aromatic N) is 3. The van der Waals surface area contributed by atoms with E-state index in [-0.39, 0.29) is 5.75 Å². The molecule has 0 bridgehead atoms. The van der Waals surface area contributed by atoms with Crippen molar-refractivity contribution in [3.63, 3.8) is 0 Å². The van der Waals surface area contributed by atoms with Crippen LogP contribution in [-0.4, -0.2) is 38.0 Å². The summed E-state index contributed by atoms with van der Waals surface area (Å²) in [4.78, 5) is 0. The first-order valence-electron chi connectivity index (χ1n) is 5.85. The fraction of sp³-hybridized carbons (Fsp3) is 0.333. The molecule has 1 atom stereocenters. The van der Waals surface area contributed by atoms with Crippen LogP contribution in [0.3, 0.4) is 0 Å². The maximum absolute atomic E-state index is 12.0. The molecule has 1 heterocycles. The van der Waals surface area contributed by atoms with E-state index in [1.807, 2.05) is 0 Å². The van der Waals surface area contributed by atoms with Gasteiger partial charge in [-0.1, -0.05) is 12.1 Å². The van der Waals surface area contributed by atoms with Crippen molar-refractivity contribution in [1.82, 2.24) is 14.8 Å². The van der Waals surface area contributed by atoms with Crippen LogP contribution < -0.4 is 4.74 Å². The molecule has 0 aliphatic heterocycles. The molecular formula is C12H12F3N3O2S. The Morgan fingerprint density at radius 2 is 1.95 bits per heavy atom. The highest BCUT2D eigenvalue weighted by molar-refractivity contribution is 7.84. The van der Waals surface area contributed by atoms with Crippen LogP contribution >= 0.6 is 0 Å². The Balaban J connectivity index is 2.02. The quantitative estimate of drug-likeness (QED) is 0.846. The van der Waals surface area contributed by atoms with Gasteiger partial charge in [-0.3, -0.25) is 4.21 Å². The Morgan fingerprint density at radius 3 is 2.52 bits per heavy atom. The zero-order valence-corrected chi connectivity index (χ0v) is 11.8. The predicted octanol–water partition coefficient (Wildman–Crippen LogP) is 2.00. The van der Waals surface area contributed by atoms with Gasteiger partial charge in [-0.05, 0) is 17.7 Å². The lowest BCUT2D eigenvalue weighted by atomic mass is 10.2. The van der Waals surface area contributed by atoms with Crippen molar-refractivity contribution in [1.29, 1.82) is 0 Å². The molecule has 9 heteroatoms. The van der Waals surface area contributed by atoms with Gasteiger partial charge in [0.15, 0.2) is 6.61 Å². The van der Waals surface area contributed by atoms with Crippen LogP contribution in [0.15, 0.2) is 35.7 Å². The highest BCUT2D eigenvalue weighted by Crippen LogP contribution is 2.19. The molecule has 0 aliphatic carbocycles. The van der Waals surface area contributed by atoms with Crippen LogP contribution in [0.1, 0.15) is 5.56 Å². The van der Waals surface area contributed by atoms with Gasteiger partial charge < -0.3 is 9.30 Å². The number of hydrogen-bond acceptors (Lipinski definition) is 4. The third kappa shape index (κ3) is 4.55. The van der Waals surface area contributed by atoms with Gasteiger partial charge in [0, 0.05) is 6.26 Å². The van der Waals surface area contributed by atoms with E-state index in [1.165, 1.54) is 24.7 Å². The van der Waals surface area contributed by atoms with Gasteiger partial charge in [0.1, 0.15) is 12.1 Å². The minimum absolute atomic E-state index is 0.138. The molecule has 2 rings (SSSR count). The second-order valence-corrected chi connectivity index (χ2v) is 5.52. The molecule has 0 amide bonds. The van der Waals surface area contributed by atoms with Gasteiger partial charge in [0.2, 0.25) is 5.16 Å². The zero-order valence-electron chi connectivity index (χ0n) is 11.0. The fourth-order valence-electron chi connectivity index (χ4n) is 1.63. The van der Waals surface area contributed by atoms with Crippen molar-refractivity contribution in [2.24, 2.45) is 0 Å². The highest BCUT2D eigenvalue weighted by atomic mass is 32.2. The van der Waals surface area contributed by atoms with E-state index in [1.54, 1.807) is 16.7 Å². The average molecular weight is 319 g/mol. The molecule has 1 aromatic heterocycles. The number of hydrogen-bond donors (Lipinski definition) is 0. The Hall–Kier alpha value is -1.90. The lowest BCUT2D eigenvalue weighted by Crippen LogP contribution is -2.19. The third-order valence-electron chi connectivity index (χ3n) is 2.52. The van der Waals surface area contributed by atoms with Crippen molar-refractivity contribution in [2.45, 2.75) is 17.9 Å². The monoisotopic (exact) mass is 319 g/mol. The molecule has 0 saturated carbocycles. The van der Waals surface area contributed by atoms with E-state index in [0.717, 1.165) is 5.56 Å². The highest BCUT2D eigenvalue weighted by Gasteiger charge is 2.28. The fourth-order valence-corrected chi connectivity index (χ4v) is 2.23. The van der Waals surface area contributed by atoms with Crippen LogP contribution in [0.4, 0.5) is 13.2 Å². The number of aromatic nitrogens is 3. The summed E-state index contributed by atoms with van der Waals surface area (Å²) >= 11 is 0. The first-order chi connectivity index (χ1) is 9.85. The number of benzene rings is 1. The largest absolute Gasteiger partial charge is 0.484 e. The number of ether oxygens (including phenoxy) is 1. The van der Waals surface area contributed by atoms with Crippen molar-refractivity contribution >= 4 is 10.8 Å². The molecule has 0 saturated heterocycles. The van der Waals surface area contributed by atoms with Gasteiger partial charge in [-0.25, -0.2) is 0 Å². The van der Waals surface area contributed by atoms with E-state index >= 15 is 0 Å². The molecular weight excluding hydrogens is 307 g/mol. The molecule has 5 nitrogen and oxygen atoms in total. The maximum Gasteiger partial charge on any atom is 0.422 e. The summed E-state index contributed by atoms with van der Waals surface area (Å²) in [5.74, 6) is 0.138. The van der Waals surface area contributed by atoms with E-state index < -0.39 is 23.6 Å². The Labute approximate surface area is 121 Å². The van der Waals surface area contributed by atoms with Crippen molar-refractivity contribution in [3.05, 3.63) is 36.2 Å². The first kappa shape index (κ1) is 15.5. The molecule has 21 heavy (non-hydrogen) atoms. The first-order valence-corrected chi connectivity index (χ1v) is 7.41. The molecule has 2 aromatic rings. The molecule has 0 spiro atoms. The van der Waals surface area contributed by atoms with E-state index in [9.17, 15) is 17.4 Å². The van der Waals surface area contributed by atoms with Crippen LogP contribution in [0.25, 0.3) is 0 Å². The molecule has 0 aliphatic rings. The zero-order chi connectivity index (χ0) is 15.5. The van der Waals surface area contributed by atoms with Crippen molar-refractivity contribution in [3.8, 4) is 5.75 Å². The number of alkyl halides is 3. The molecule has 1 aromatic carbocycles. The standard InChI is InChI=1S/C12H12F3N3O2S/c1-21(19)11-17-16-8-18(11)6-9-2-4-10(5-3-9)20-7-12(13,14)15/h2-5,8H,6-7H2,1H3/t21-/m1/s1. The van der Waals surface area contributed by atoms with Crippen LogP contribution in [0.5, 0.6) is 5.75 Å². The summed E-state index contributed by atoms with van der Waals surface area (Å²) in [6, 6.07) is 6.17. The summed E-state index contributed by atoms with van der Waals surface area (Å²) in [7, 11) is -1.26. The predicted molar refractivity (Wildman–Crippen MR) is 69.4 cm³/mol. The maximum atomic E-state index is 12.0. The van der Waals surface area contributed by atoms with E-state index in [4.69, 9.17) is 0 Å². The van der Waals surface area contributed by atoms with E-state index in [2.05, 4.69) is 14.9 Å². The third-order valence-corrected chi connectivity index (χ3v) is 3.35. The number of rotatable bonds is 5. The lowest BCUT2D eigenvalue weighted by Gasteiger charge is -2.10.